The largest absolute Gasteiger partial charge is 0.353 e. The summed E-state index contributed by atoms with van der Waals surface area (Å²) in [7, 11) is -2.96. The van der Waals surface area contributed by atoms with Crippen LogP contribution in [0.5, 0.6) is 0 Å². The summed E-state index contributed by atoms with van der Waals surface area (Å²) in [5.74, 6) is 0.566. The fraction of sp³-hybridized carbons (Fsp3) is 0.929. The Balaban J connectivity index is 2.33. The van der Waals surface area contributed by atoms with Gasteiger partial charge in [0.15, 0.2) is 0 Å². The molecule has 1 N–H and O–H groups in total. The Morgan fingerprint density at radius 2 is 2.00 bits per heavy atom. The van der Waals surface area contributed by atoms with Crippen LogP contribution in [-0.4, -0.2) is 32.4 Å². The predicted octanol–water partition coefficient (Wildman–Crippen LogP) is 2.14. The topological polar surface area (TPSA) is 63.2 Å². The second-order valence-electron chi connectivity index (χ2n) is 6.79. The Hall–Kier alpha value is -0.580. The van der Waals surface area contributed by atoms with Crippen molar-refractivity contribution < 1.29 is 13.2 Å². The van der Waals surface area contributed by atoms with Crippen LogP contribution in [0.3, 0.4) is 0 Å². The smallest absolute Gasteiger partial charge is 0.220 e. The molecule has 0 radical (unpaired) electrons. The molecule has 0 spiro atoms. The minimum atomic E-state index is -2.96. The molecule has 4 nitrogen and oxygen atoms in total. The summed E-state index contributed by atoms with van der Waals surface area (Å²) in [5, 5.41) is 3.06. The van der Waals surface area contributed by atoms with Crippen molar-refractivity contribution in [2.24, 2.45) is 11.3 Å². The first-order chi connectivity index (χ1) is 8.59. The molecule has 1 fully saturated rings. The number of amides is 1. The molecule has 1 aliphatic rings. The predicted molar refractivity (Wildman–Crippen MR) is 77.7 cm³/mol. The Kier molecular flexibility index (Phi) is 5.42. The van der Waals surface area contributed by atoms with Crippen molar-refractivity contribution in [3.05, 3.63) is 0 Å². The van der Waals surface area contributed by atoms with Crippen LogP contribution in [0.4, 0.5) is 0 Å². The molecule has 1 aliphatic carbocycles. The molecule has 2 atom stereocenters. The van der Waals surface area contributed by atoms with Crippen LogP contribution in [0.2, 0.25) is 0 Å². The molecule has 0 saturated heterocycles. The van der Waals surface area contributed by atoms with Crippen LogP contribution in [0, 0.1) is 11.3 Å². The zero-order chi connectivity index (χ0) is 14.7. The monoisotopic (exact) mass is 289 g/mol. The second kappa shape index (κ2) is 6.25. The van der Waals surface area contributed by atoms with Gasteiger partial charge in [0, 0.05) is 18.7 Å². The molecule has 0 aromatic heterocycles. The average Bonchev–Trinajstić information content (AvgIpc) is 2.19. The summed E-state index contributed by atoms with van der Waals surface area (Å²) in [6.07, 6.45) is 5.20. The molecule has 1 amide bonds. The molecule has 0 aliphatic heterocycles. The molecule has 0 unspecified atom stereocenters. The Morgan fingerprint density at radius 1 is 1.37 bits per heavy atom. The van der Waals surface area contributed by atoms with Gasteiger partial charge < -0.3 is 5.32 Å². The molecule has 0 heterocycles. The van der Waals surface area contributed by atoms with Crippen LogP contribution >= 0.6 is 0 Å². The number of carbonyl (C=O) groups is 1. The molecule has 19 heavy (non-hydrogen) atoms. The Labute approximate surface area is 117 Å². The second-order valence-corrected chi connectivity index (χ2v) is 9.05. The maximum atomic E-state index is 11.8. The van der Waals surface area contributed by atoms with E-state index in [0.717, 1.165) is 19.3 Å². The van der Waals surface area contributed by atoms with Crippen molar-refractivity contribution in [3.8, 4) is 0 Å². The standard InChI is InChI=1S/C14H27NO3S/c1-11-10-14(2,3)8-7-12(11)15-13(16)6-5-9-19(4,17)18/h11-12H,5-10H2,1-4H3,(H,15,16)/t11-,12-/m1/s1. The number of nitrogens with one attached hydrogen (secondary N) is 1. The zero-order valence-corrected chi connectivity index (χ0v) is 13.3. The lowest BCUT2D eigenvalue weighted by Crippen LogP contribution is -2.44. The summed E-state index contributed by atoms with van der Waals surface area (Å²) in [6, 6.07) is 0.249. The van der Waals surface area contributed by atoms with E-state index in [1.807, 2.05) is 0 Å². The molecule has 0 bridgehead atoms. The van der Waals surface area contributed by atoms with E-state index in [4.69, 9.17) is 0 Å². The van der Waals surface area contributed by atoms with Gasteiger partial charge in [-0.15, -0.1) is 0 Å². The van der Waals surface area contributed by atoms with Crippen molar-refractivity contribution in [1.82, 2.24) is 5.32 Å². The molecular weight excluding hydrogens is 262 g/mol. The van der Waals surface area contributed by atoms with Gasteiger partial charge in [-0.2, -0.15) is 0 Å². The third-order valence-corrected chi connectivity index (χ3v) is 4.99. The minimum absolute atomic E-state index is 0.0137. The third-order valence-electron chi connectivity index (χ3n) is 3.96. The number of hydrogen-bond acceptors (Lipinski definition) is 3. The van der Waals surface area contributed by atoms with Crippen molar-refractivity contribution in [1.29, 1.82) is 0 Å². The normalized spacial score (nSPS) is 26.9. The molecule has 0 aromatic carbocycles. The lowest BCUT2D eigenvalue weighted by Gasteiger charge is -2.39. The summed E-state index contributed by atoms with van der Waals surface area (Å²) < 4.78 is 22.0. The summed E-state index contributed by atoms with van der Waals surface area (Å²) in [6.45, 7) is 6.73. The summed E-state index contributed by atoms with van der Waals surface area (Å²) in [4.78, 5) is 11.8. The first-order valence-corrected chi connectivity index (χ1v) is 9.12. The van der Waals surface area contributed by atoms with Gasteiger partial charge >= 0.3 is 0 Å². The SMILES string of the molecule is C[C@@H]1CC(C)(C)CC[C@H]1NC(=O)CCCS(C)(=O)=O. The quantitative estimate of drug-likeness (QED) is 0.843. The fourth-order valence-electron chi connectivity index (χ4n) is 2.93. The maximum Gasteiger partial charge on any atom is 0.220 e. The molecule has 112 valence electrons. The highest BCUT2D eigenvalue weighted by Crippen LogP contribution is 2.38. The number of sulfone groups is 1. The van der Waals surface area contributed by atoms with E-state index in [0.29, 0.717) is 24.2 Å². The molecule has 1 saturated carbocycles. The lowest BCUT2D eigenvalue weighted by atomic mass is 9.70. The molecule has 0 aromatic rings. The fourth-order valence-corrected chi connectivity index (χ4v) is 3.60. The maximum absolute atomic E-state index is 11.8. The van der Waals surface area contributed by atoms with Gasteiger partial charge in [0.1, 0.15) is 9.84 Å². The van der Waals surface area contributed by atoms with E-state index in [2.05, 4.69) is 26.1 Å². The van der Waals surface area contributed by atoms with Crippen LogP contribution in [-0.2, 0) is 14.6 Å². The van der Waals surface area contributed by atoms with Gasteiger partial charge in [0.2, 0.25) is 5.91 Å². The van der Waals surface area contributed by atoms with Gasteiger partial charge in [-0.05, 0) is 37.0 Å². The van der Waals surface area contributed by atoms with Gasteiger partial charge in [0.25, 0.3) is 0 Å². The van der Waals surface area contributed by atoms with Crippen LogP contribution in [0.1, 0.15) is 52.9 Å². The highest BCUT2D eigenvalue weighted by atomic mass is 32.2. The van der Waals surface area contributed by atoms with Crippen LogP contribution in [0.15, 0.2) is 0 Å². The van der Waals surface area contributed by atoms with E-state index < -0.39 is 9.84 Å². The van der Waals surface area contributed by atoms with E-state index in [9.17, 15) is 13.2 Å². The van der Waals surface area contributed by atoms with Crippen LogP contribution < -0.4 is 5.32 Å². The van der Waals surface area contributed by atoms with E-state index >= 15 is 0 Å². The van der Waals surface area contributed by atoms with E-state index in [1.54, 1.807) is 0 Å². The average molecular weight is 289 g/mol. The number of rotatable bonds is 5. The summed E-state index contributed by atoms with van der Waals surface area (Å²) in [5.41, 5.74) is 0.372. The van der Waals surface area contributed by atoms with Crippen molar-refractivity contribution in [2.75, 3.05) is 12.0 Å². The van der Waals surface area contributed by atoms with Crippen molar-refractivity contribution in [2.45, 2.75) is 58.9 Å². The van der Waals surface area contributed by atoms with E-state index in [1.165, 1.54) is 6.26 Å². The summed E-state index contributed by atoms with van der Waals surface area (Å²) >= 11 is 0. The first-order valence-electron chi connectivity index (χ1n) is 7.06. The van der Waals surface area contributed by atoms with Gasteiger partial charge in [-0.1, -0.05) is 20.8 Å². The molecule has 5 heteroatoms. The number of hydrogen-bond donors (Lipinski definition) is 1. The van der Waals surface area contributed by atoms with Gasteiger partial charge in [-0.3, -0.25) is 4.79 Å². The minimum Gasteiger partial charge on any atom is -0.353 e. The molecule has 1 rings (SSSR count). The van der Waals surface area contributed by atoms with Gasteiger partial charge in [-0.25, -0.2) is 8.42 Å². The van der Waals surface area contributed by atoms with Crippen LogP contribution in [0.25, 0.3) is 0 Å². The molecular formula is C14H27NO3S. The first kappa shape index (κ1) is 16.5. The highest BCUT2D eigenvalue weighted by Gasteiger charge is 2.32. The number of carbonyl (C=O) groups excluding carboxylic acids is 1. The Bertz CT molecular complexity index is 414. The third kappa shape index (κ3) is 6.41. The lowest BCUT2D eigenvalue weighted by molar-refractivity contribution is -0.122. The zero-order valence-electron chi connectivity index (χ0n) is 12.5. The van der Waals surface area contributed by atoms with Crippen molar-refractivity contribution in [3.63, 3.8) is 0 Å². The van der Waals surface area contributed by atoms with Gasteiger partial charge in [0.05, 0.1) is 5.75 Å². The highest BCUT2D eigenvalue weighted by molar-refractivity contribution is 7.90. The van der Waals surface area contributed by atoms with E-state index in [-0.39, 0.29) is 17.7 Å². The van der Waals surface area contributed by atoms with Crippen molar-refractivity contribution >= 4 is 15.7 Å². The Morgan fingerprint density at radius 3 is 2.53 bits per heavy atom.